The van der Waals surface area contributed by atoms with Crippen molar-refractivity contribution in [2.24, 2.45) is 0 Å². The molecule has 1 fully saturated rings. The van der Waals surface area contributed by atoms with Crippen molar-refractivity contribution in [2.75, 3.05) is 36.0 Å². The SMILES string of the molecule is Cc1cc(N2CCN(c3nc(C)cc(C#N)n3)CC2)nc(C(C)C)n1. The normalized spacial score (nSPS) is 14.7. The summed E-state index contributed by atoms with van der Waals surface area (Å²) in [7, 11) is 0. The van der Waals surface area contributed by atoms with Crippen LogP contribution in [0.2, 0.25) is 0 Å². The van der Waals surface area contributed by atoms with Crippen LogP contribution >= 0.6 is 0 Å². The first-order chi connectivity index (χ1) is 12.0. The van der Waals surface area contributed by atoms with Gasteiger partial charge in [-0.3, -0.25) is 0 Å². The Kier molecular flexibility index (Phi) is 4.79. The second kappa shape index (κ2) is 7.01. The predicted molar refractivity (Wildman–Crippen MR) is 96.8 cm³/mol. The molecule has 2 aromatic rings. The monoisotopic (exact) mass is 337 g/mol. The molecule has 0 bridgehead atoms. The van der Waals surface area contributed by atoms with Crippen molar-refractivity contribution >= 4 is 11.8 Å². The fraction of sp³-hybridized carbons (Fsp3) is 0.500. The van der Waals surface area contributed by atoms with Gasteiger partial charge in [-0.25, -0.2) is 19.9 Å². The van der Waals surface area contributed by atoms with E-state index >= 15 is 0 Å². The van der Waals surface area contributed by atoms with Crippen LogP contribution in [0.5, 0.6) is 0 Å². The van der Waals surface area contributed by atoms with Gasteiger partial charge in [0, 0.05) is 49.6 Å². The Hall–Kier alpha value is -2.75. The van der Waals surface area contributed by atoms with Crippen molar-refractivity contribution in [2.45, 2.75) is 33.6 Å². The maximum atomic E-state index is 9.09. The minimum Gasteiger partial charge on any atom is -0.353 e. The van der Waals surface area contributed by atoms with E-state index in [4.69, 9.17) is 10.2 Å². The van der Waals surface area contributed by atoms with Crippen LogP contribution in [0.3, 0.4) is 0 Å². The molecule has 0 spiro atoms. The third-order valence-corrected chi connectivity index (χ3v) is 4.22. The number of anilines is 2. The molecular weight excluding hydrogens is 314 g/mol. The summed E-state index contributed by atoms with van der Waals surface area (Å²) in [4.78, 5) is 22.5. The molecular formula is C18H23N7. The number of hydrogen-bond donors (Lipinski definition) is 0. The molecule has 1 aliphatic rings. The third-order valence-electron chi connectivity index (χ3n) is 4.22. The topological polar surface area (TPSA) is 81.8 Å². The van der Waals surface area contributed by atoms with E-state index in [0.717, 1.165) is 49.2 Å². The van der Waals surface area contributed by atoms with Gasteiger partial charge in [-0.2, -0.15) is 5.26 Å². The number of rotatable bonds is 3. The molecule has 0 radical (unpaired) electrons. The first-order valence-corrected chi connectivity index (χ1v) is 8.57. The van der Waals surface area contributed by atoms with Gasteiger partial charge in [0.15, 0.2) is 0 Å². The van der Waals surface area contributed by atoms with E-state index in [1.165, 1.54) is 0 Å². The number of piperazine rings is 1. The van der Waals surface area contributed by atoms with Crippen LogP contribution in [-0.2, 0) is 0 Å². The molecule has 0 atom stereocenters. The van der Waals surface area contributed by atoms with E-state index in [1.54, 1.807) is 6.07 Å². The lowest BCUT2D eigenvalue weighted by molar-refractivity contribution is 0.628. The summed E-state index contributed by atoms with van der Waals surface area (Å²) in [5.41, 5.74) is 2.23. The van der Waals surface area contributed by atoms with Gasteiger partial charge < -0.3 is 9.80 Å². The van der Waals surface area contributed by atoms with Crippen molar-refractivity contribution < 1.29 is 0 Å². The lowest BCUT2D eigenvalue weighted by Crippen LogP contribution is -2.47. The maximum absolute atomic E-state index is 9.09. The molecule has 1 saturated heterocycles. The zero-order valence-corrected chi connectivity index (χ0v) is 15.2. The highest BCUT2D eigenvalue weighted by molar-refractivity contribution is 5.44. The van der Waals surface area contributed by atoms with E-state index in [2.05, 4.69) is 44.7 Å². The van der Waals surface area contributed by atoms with E-state index in [9.17, 15) is 0 Å². The summed E-state index contributed by atoms with van der Waals surface area (Å²) in [6, 6.07) is 5.85. The second-order valence-electron chi connectivity index (χ2n) is 6.66. The smallest absolute Gasteiger partial charge is 0.226 e. The van der Waals surface area contributed by atoms with Crippen LogP contribution in [0.25, 0.3) is 0 Å². The molecule has 0 N–H and O–H groups in total. The highest BCUT2D eigenvalue weighted by Gasteiger charge is 2.21. The molecule has 0 aliphatic carbocycles. The van der Waals surface area contributed by atoms with Crippen molar-refractivity contribution in [3.05, 3.63) is 35.0 Å². The van der Waals surface area contributed by atoms with Gasteiger partial charge in [0.2, 0.25) is 5.95 Å². The van der Waals surface area contributed by atoms with Crippen molar-refractivity contribution in [1.29, 1.82) is 5.26 Å². The predicted octanol–water partition coefficient (Wildman–Crippen LogP) is 2.21. The van der Waals surface area contributed by atoms with Crippen molar-refractivity contribution in [3.8, 4) is 6.07 Å². The number of hydrogen-bond acceptors (Lipinski definition) is 7. The van der Waals surface area contributed by atoms with Gasteiger partial charge in [-0.05, 0) is 19.9 Å². The summed E-state index contributed by atoms with van der Waals surface area (Å²) in [6.07, 6.45) is 0. The Morgan fingerprint density at radius 1 is 0.920 bits per heavy atom. The fourth-order valence-corrected chi connectivity index (χ4v) is 2.88. The number of aromatic nitrogens is 4. The van der Waals surface area contributed by atoms with Crippen molar-refractivity contribution in [3.63, 3.8) is 0 Å². The summed E-state index contributed by atoms with van der Waals surface area (Å²) in [5.74, 6) is 2.82. The van der Waals surface area contributed by atoms with Gasteiger partial charge in [0.25, 0.3) is 0 Å². The fourth-order valence-electron chi connectivity index (χ4n) is 2.88. The average molecular weight is 337 g/mol. The Balaban J connectivity index is 1.74. The molecule has 7 nitrogen and oxygen atoms in total. The molecule has 1 aliphatic heterocycles. The van der Waals surface area contributed by atoms with Crippen LogP contribution < -0.4 is 9.80 Å². The number of aryl methyl sites for hydroxylation is 2. The molecule has 130 valence electrons. The Morgan fingerprint density at radius 3 is 2.20 bits per heavy atom. The van der Waals surface area contributed by atoms with E-state index in [-0.39, 0.29) is 0 Å². The summed E-state index contributed by atoms with van der Waals surface area (Å²) in [6.45, 7) is 11.4. The van der Waals surface area contributed by atoms with Gasteiger partial charge in [-0.15, -0.1) is 0 Å². The molecule has 2 aromatic heterocycles. The molecule has 3 heterocycles. The second-order valence-corrected chi connectivity index (χ2v) is 6.66. The lowest BCUT2D eigenvalue weighted by atomic mass is 10.2. The Bertz CT molecular complexity index is 802. The van der Waals surface area contributed by atoms with Gasteiger partial charge in [-0.1, -0.05) is 13.8 Å². The first-order valence-electron chi connectivity index (χ1n) is 8.57. The van der Waals surface area contributed by atoms with Crippen LogP contribution in [0, 0.1) is 25.2 Å². The molecule has 0 unspecified atom stereocenters. The molecule has 3 rings (SSSR count). The number of nitrogens with zero attached hydrogens (tertiary/aromatic N) is 7. The standard InChI is InChI=1S/C18H23N7/c1-12(2)17-20-14(4)10-16(23-17)24-5-7-25(8-6-24)18-21-13(3)9-15(11-19)22-18/h9-10,12H,5-8H2,1-4H3. The van der Waals surface area contributed by atoms with E-state index in [1.807, 2.05) is 19.9 Å². The van der Waals surface area contributed by atoms with Crippen LogP contribution in [0.15, 0.2) is 12.1 Å². The Morgan fingerprint density at radius 2 is 1.56 bits per heavy atom. The summed E-state index contributed by atoms with van der Waals surface area (Å²) in [5, 5.41) is 9.09. The quantitative estimate of drug-likeness (QED) is 0.849. The number of nitriles is 1. The highest BCUT2D eigenvalue weighted by Crippen LogP contribution is 2.20. The van der Waals surface area contributed by atoms with Gasteiger partial charge in [0.1, 0.15) is 23.4 Å². The van der Waals surface area contributed by atoms with Crippen LogP contribution in [-0.4, -0.2) is 46.1 Å². The van der Waals surface area contributed by atoms with E-state index in [0.29, 0.717) is 17.6 Å². The molecule has 0 saturated carbocycles. The summed E-state index contributed by atoms with van der Waals surface area (Å²) >= 11 is 0. The van der Waals surface area contributed by atoms with Crippen LogP contribution in [0.1, 0.15) is 42.7 Å². The Labute approximate surface area is 148 Å². The first kappa shape index (κ1) is 17.1. The van der Waals surface area contributed by atoms with Crippen LogP contribution in [0.4, 0.5) is 11.8 Å². The average Bonchev–Trinajstić information content (AvgIpc) is 2.60. The summed E-state index contributed by atoms with van der Waals surface area (Å²) < 4.78 is 0. The largest absolute Gasteiger partial charge is 0.353 e. The maximum Gasteiger partial charge on any atom is 0.226 e. The molecule has 0 aromatic carbocycles. The lowest BCUT2D eigenvalue weighted by Gasteiger charge is -2.35. The molecule has 0 amide bonds. The van der Waals surface area contributed by atoms with E-state index < -0.39 is 0 Å². The van der Waals surface area contributed by atoms with Gasteiger partial charge in [0.05, 0.1) is 0 Å². The zero-order valence-electron chi connectivity index (χ0n) is 15.2. The zero-order chi connectivity index (χ0) is 18.0. The third kappa shape index (κ3) is 3.85. The molecule has 25 heavy (non-hydrogen) atoms. The van der Waals surface area contributed by atoms with Gasteiger partial charge >= 0.3 is 0 Å². The highest BCUT2D eigenvalue weighted by atomic mass is 15.3. The van der Waals surface area contributed by atoms with Crippen molar-refractivity contribution in [1.82, 2.24) is 19.9 Å². The minimum absolute atomic E-state index is 0.310. The minimum atomic E-state index is 0.310. The molecule has 7 heteroatoms.